The maximum atomic E-state index is 5.61. The first-order valence-electron chi connectivity index (χ1n) is 5.37. The summed E-state index contributed by atoms with van der Waals surface area (Å²) in [6.45, 7) is 8.01. The molecule has 1 atom stereocenters. The minimum absolute atomic E-state index is 0.331. The maximum Gasteiger partial charge on any atom is 0.0717 e. The molecule has 0 aromatic heterocycles. The van der Waals surface area contributed by atoms with Crippen molar-refractivity contribution in [3.8, 4) is 0 Å². The number of hydrogen-bond donors (Lipinski definition) is 1. The van der Waals surface area contributed by atoms with Crippen molar-refractivity contribution in [2.45, 2.75) is 19.6 Å². The quantitative estimate of drug-likeness (QED) is 0.830. The van der Waals surface area contributed by atoms with E-state index >= 15 is 0 Å². The molecule has 16 heavy (non-hydrogen) atoms. The van der Waals surface area contributed by atoms with Gasteiger partial charge in [-0.2, -0.15) is 0 Å². The van der Waals surface area contributed by atoms with Gasteiger partial charge in [0.05, 0.1) is 13.2 Å². The third kappa shape index (κ3) is 6.05. The fraction of sp³-hybridized carbons (Fsp3) is 0.385. The van der Waals surface area contributed by atoms with Crippen molar-refractivity contribution in [1.82, 2.24) is 5.32 Å². The Morgan fingerprint density at radius 3 is 2.75 bits per heavy atom. The molecule has 2 nitrogen and oxygen atoms in total. The van der Waals surface area contributed by atoms with Crippen LogP contribution in [0.5, 0.6) is 0 Å². The van der Waals surface area contributed by atoms with Crippen molar-refractivity contribution < 1.29 is 4.74 Å². The van der Waals surface area contributed by atoms with Crippen molar-refractivity contribution in [2.75, 3.05) is 13.2 Å². The van der Waals surface area contributed by atoms with Crippen LogP contribution in [0.25, 0.3) is 0 Å². The van der Waals surface area contributed by atoms with Gasteiger partial charge in [-0.25, -0.2) is 0 Å². The Hall–Kier alpha value is -0.640. The molecule has 0 aliphatic rings. The molecule has 0 bridgehead atoms. The number of benzene rings is 1. The number of ether oxygens (including phenoxy) is 1. The monoisotopic (exact) mass is 283 g/mol. The Labute approximate surface area is 106 Å². The fourth-order valence-corrected chi connectivity index (χ4v) is 1.43. The Morgan fingerprint density at radius 2 is 2.12 bits per heavy atom. The molecule has 0 fully saturated rings. The molecule has 0 heterocycles. The standard InChI is InChI=1S/C13H18BrNO/c1-11(14)8-15-12(2)9-16-10-13-6-4-3-5-7-13/h3-7,12,15H,1,8-10H2,2H3. The zero-order valence-corrected chi connectivity index (χ0v) is 11.2. The predicted molar refractivity (Wildman–Crippen MR) is 71.6 cm³/mol. The van der Waals surface area contributed by atoms with Gasteiger partial charge in [0.25, 0.3) is 0 Å². The SMILES string of the molecule is C=C(Br)CNC(C)COCc1ccccc1. The molecule has 0 saturated carbocycles. The van der Waals surface area contributed by atoms with E-state index in [2.05, 4.69) is 46.9 Å². The Bertz CT molecular complexity index is 313. The highest BCUT2D eigenvalue weighted by molar-refractivity contribution is 9.11. The third-order valence-corrected chi connectivity index (χ3v) is 2.40. The van der Waals surface area contributed by atoms with Crippen molar-refractivity contribution in [2.24, 2.45) is 0 Å². The Kier molecular flexibility index (Phi) is 6.38. The lowest BCUT2D eigenvalue weighted by atomic mass is 10.2. The zero-order chi connectivity index (χ0) is 11.8. The molecule has 1 unspecified atom stereocenters. The van der Waals surface area contributed by atoms with Gasteiger partial charge in [-0.1, -0.05) is 52.8 Å². The molecule has 0 spiro atoms. The lowest BCUT2D eigenvalue weighted by molar-refractivity contribution is 0.104. The van der Waals surface area contributed by atoms with Gasteiger partial charge in [0.15, 0.2) is 0 Å². The van der Waals surface area contributed by atoms with E-state index in [1.165, 1.54) is 5.56 Å². The first-order valence-corrected chi connectivity index (χ1v) is 6.16. The molecule has 3 heteroatoms. The van der Waals surface area contributed by atoms with Gasteiger partial charge in [0.2, 0.25) is 0 Å². The van der Waals surface area contributed by atoms with Crippen LogP contribution in [0.4, 0.5) is 0 Å². The van der Waals surface area contributed by atoms with E-state index in [-0.39, 0.29) is 0 Å². The number of halogens is 1. The molecule has 0 saturated heterocycles. The second kappa shape index (κ2) is 7.60. The number of nitrogens with one attached hydrogen (secondary N) is 1. The van der Waals surface area contributed by atoms with Crippen molar-refractivity contribution in [3.63, 3.8) is 0 Å². The predicted octanol–water partition coefficient (Wildman–Crippen LogP) is 3.09. The van der Waals surface area contributed by atoms with Crippen LogP contribution in [0, 0.1) is 0 Å². The van der Waals surface area contributed by atoms with E-state index in [0.717, 1.165) is 11.0 Å². The molecule has 88 valence electrons. The zero-order valence-electron chi connectivity index (χ0n) is 9.58. The second-order valence-corrected chi connectivity index (χ2v) is 4.92. The molecule has 0 aliphatic heterocycles. The van der Waals surface area contributed by atoms with Crippen molar-refractivity contribution >= 4 is 15.9 Å². The van der Waals surface area contributed by atoms with Crippen LogP contribution >= 0.6 is 15.9 Å². The van der Waals surface area contributed by atoms with Gasteiger partial charge in [0.1, 0.15) is 0 Å². The Morgan fingerprint density at radius 1 is 1.44 bits per heavy atom. The largest absolute Gasteiger partial charge is 0.375 e. The normalized spacial score (nSPS) is 12.4. The van der Waals surface area contributed by atoms with E-state index in [1.54, 1.807) is 0 Å². The molecule has 0 amide bonds. The van der Waals surface area contributed by atoms with Gasteiger partial charge < -0.3 is 10.1 Å². The molecule has 1 aromatic rings. The minimum atomic E-state index is 0.331. The van der Waals surface area contributed by atoms with Crippen molar-refractivity contribution in [3.05, 3.63) is 47.0 Å². The minimum Gasteiger partial charge on any atom is -0.375 e. The summed E-state index contributed by atoms with van der Waals surface area (Å²) in [6, 6.07) is 10.5. The van der Waals surface area contributed by atoms with E-state index in [9.17, 15) is 0 Å². The van der Waals surface area contributed by atoms with Gasteiger partial charge in [0, 0.05) is 17.1 Å². The summed E-state index contributed by atoms with van der Waals surface area (Å²) < 4.78 is 6.57. The lowest BCUT2D eigenvalue weighted by Crippen LogP contribution is -2.31. The van der Waals surface area contributed by atoms with Crippen LogP contribution in [-0.4, -0.2) is 19.2 Å². The lowest BCUT2D eigenvalue weighted by Gasteiger charge is -2.13. The molecule has 1 aromatic carbocycles. The summed E-state index contributed by atoms with van der Waals surface area (Å²) in [5.41, 5.74) is 1.21. The average Bonchev–Trinajstić information content (AvgIpc) is 2.28. The van der Waals surface area contributed by atoms with Gasteiger partial charge in [-0.3, -0.25) is 0 Å². The number of hydrogen-bond acceptors (Lipinski definition) is 2. The van der Waals surface area contributed by atoms with Gasteiger partial charge in [-0.15, -0.1) is 0 Å². The summed E-state index contributed by atoms with van der Waals surface area (Å²) in [7, 11) is 0. The van der Waals surface area contributed by atoms with E-state index in [1.807, 2.05) is 18.2 Å². The van der Waals surface area contributed by atoms with E-state index in [4.69, 9.17) is 4.74 Å². The molecule has 0 radical (unpaired) electrons. The van der Waals surface area contributed by atoms with E-state index in [0.29, 0.717) is 19.3 Å². The van der Waals surface area contributed by atoms with E-state index < -0.39 is 0 Å². The highest BCUT2D eigenvalue weighted by Gasteiger charge is 2.01. The highest BCUT2D eigenvalue weighted by Crippen LogP contribution is 2.01. The summed E-state index contributed by atoms with van der Waals surface area (Å²) >= 11 is 3.31. The first-order chi connectivity index (χ1) is 7.68. The molecule has 1 rings (SSSR count). The first kappa shape index (κ1) is 13.4. The molecular formula is C13H18BrNO. The number of rotatable bonds is 7. The fourth-order valence-electron chi connectivity index (χ4n) is 1.27. The summed E-state index contributed by atoms with van der Waals surface area (Å²) in [6.07, 6.45) is 0. The summed E-state index contributed by atoms with van der Waals surface area (Å²) in [5.74, 6) is 0. The van der Waals surface area contributed by atoms with Crippen LogP contribution in [0.2, 0.25) is 0 Å². The summed E-state index contributed by atoms with van der Waals surface area (Å²) in [5, 5.41) is 3.30. The molecule has 1 N–H and O–H groups in total. The van der Waals surface area contributed by atoms with Gasteiger partial charge >= 0.3 is 0 Å². The van der Waals surface area contributed by atoms with Crippen LogP contribution in [0.3, 0.4) is 0 Å². The summed E-state index contributed by atoms with van der Waals surface area (Å²) in [4.78, 5) is 0. The second-order valence-electron chi connectivity index (χ2n) is 3.80. The molecule has 0 aliphatic carbocycles. The third-order valence-electron chi connectivity index (χ3n) is 2.12. The van der Waals surface area contributed by atoms with Crippen LogP contribution in [0.15, 0.2) is 41.4 Å². The smallest absolute Gasteiger partial charge is 0.0717 e. The van der Waals surface area contributed by atoms with Crippen LogP contribution in [0.1, 0.15) is 12.5 Å². The van der Waals surface area contributed by atoms with Crippen molar-refractivity contribution in [1.29, 1.82) is 0 Å². The maximum absolute atomic E-state index is 5.61. The van der Waals surface area contributed by atoms with Crippen LogP contribution < -0.4 is 5.32 Å². The van der Waals surface area contributed by atoms with Gasteiger partial charge in [-0.05, 0) is 12.5 Å². The highest BCUT2D eigenvalue weighted by atomic mass is 79.9. The van der Waals surface area contributed by atoms with Crippen LogP contribution in [-0.2, 0) is 11.3 Å². The molecular weight excluding hydrogens is 266 g/mol. The topological polar surface area (TPSA) is 21.3 Å². The Balaban J connectivity index is 2.13. The average molecular weight is 284 g/mol.